The number of aliphatic carboxylic acids is 1. The first kappa shape index (κ1) is 17.9. The van der Waals surface area contributed by atoms with Gasteiger partial charge in [0, 0.05) is 6.42 Å². The smallest absolute Gasteiger partial charge is 0.330 e. The third-order valence-electron chi connectivity index (χ3n) is 3.69. The van der Waals surface area contributed by atoms with Crippen molar-refractivity contribution in [2.75, 3.05) is 7.11 Å². The van der Waals surface area contributed by atoms with E-state index in [0.717, 1.165) is 18.9 Å². The summed E-state index contributed by atoms with van der Waals surface area (Å²) in [7, 11) is 1.32. The molecule has 122 valence electrons. The average molecular weight is 311 g/mol. The Morgan fingerprint density at radius 2 is 1.95 bits per heavy atom. The van der Waals surface area contributed by atoms with Gasteiger partial charge in [0.2, 0.25) is 5.91 Å². The van der Waals surface area contributed by atoms with Gasteiger partial charge < -0.3 is 15.2 Å². The fraction of sp³-hybridized carbons (Fsp3) is 0.500. The summed E-state index contributed by atoms with van der Waals surface area (Å²) in [5.41, 5.74) is 0.170. The van der Waals surface area contributed by atoms with Gasteiger partial charge in [-0.2, -0.15) is 0 Å². The predicted octanol–water partition coefficient (Wildman–Crippen LogP) is 2.90. The number of carbonyl (C=O) groups excluding carboxylic acids is 1. The maximum Gasteiger partial charge on any atom is 0.330 e. The molecule has 6 heteroatoms. The van der Waals surface area contributed by atoms with E-state index in [2.05, 4.69) is 5.32 Å². The minimum absolute atomic E-state index is 0.0243. The lowest BCUT2D eigenvalue weighted by molar-refractivity contribution is -0.142. The lowest BCUT2D eigenvalue weighted by Crippen LogP contribution is -2.34. The van der Waals surface area contributed by atoms with Crippen LogP contribution in [0.15, 0.2) is 18.2 Å². The molecule has 0 aromatic heterocycles. The summed E-state index contributed by atoms with van der Waals surface area (Å²) in [6, 6.07) is 2.56. The Morgan fingerprint density at radius 1 is 1.32 bits per heavy atom. The van der Waals surface area contributed by atoms with Crippen molar-refractivity contribution >= 4 is 11.9 Å². The number of carboxylic acid groups (broad SMARTS) is 1. The van der Waals surface area contributed by atoms with Gasteiger partial charge in [0.05, 0.1) is 7.11 Å². The number of nitrogens with one attached hydrogen (secondary N) is 1. The van der Waals surface area contributed by atoms with Gasteiger partial charge in [0.25, 0.3) is 0 Å². The van der Waals surface area contributed by atoms with Crippen LogP contribution in [0.4, 0.5) is 4.39 Å². The molecule has 0 saturated heterocycles. The highest BCUT2D eigenvalue weighted by Gasteiger charge is 2.24. The topological polar surface area (TPSA) is 75.6 Å². The van der Waals surface area contributed by atoms with Crippen LogP contribution in [-0.4, -0.2) is 24.1 Å². The number of rotatable bonds is 8. The van der Waals surface area contributed by atoms with E-state index in [1.807, 2.05) is 13.8 Å². The first-order chi connectivity index (χ1) is 10.4. The zero-order valence-electron chi connectivity index (χ0n) is 13.1. The zero-order valence-corrected chi connectivity index (χ0v) is 13.1. The summed E-state index contributed by atoms with van der Waals surface area (Å²) in [5.74, 6) is -2.02. The molecule has 0 fully saturated rings. The van der Waals surface area contributed by atoms with Crippen molar-refractivity contribution in [3.05, 3.63) is 29.6 Å². The molecule has 0 aliphatic carbocycles. The predicted molar refractivity (Wildman–Crippen MR) is 80.2 cm³/mol. The van der Waals surface area contributed by atoms with Gasteiger partial charge in [-0.25, -0.2) is 9.18 Å². The Hall–Kier alpha value is -2.11. The molecule has 1 atom stereocenters. The number of carbonyl (C=O) groups is 2. The molecule has 0 aliphatic rings. The second-order valence-electron chi connectivity index (χ2n) is 5.12. The van der Waals surface area contributed by atoms with Crippen molar-refractivity contribution < 1.29 is 23.8 Å². The minimum Gasteiger partial charge on any atom is -0.494 e. The summed E-state index contributed by atoms with van der Waals surface area (Å²) in [4.78, 5) is 23.3. The van der Waals surface area contributed by atoms with Crippen LogP contribution in [0.2, 0.25) is 0 Å². The first-order valence-electron chi connectivity index (χ1n) is 7.28. The van der Waals surface area contributed by atoms with Gasteiger partial charge in [-0.15, -0.1) is 0 Å². The number of amides is 1. The quantitative estimate of drug-likeness (QED) is 0.774. The Kier molecular flexibility index (Phi) is 6.82. The van der Waals surface area contributed by atoms with E-state index in [4.69, 9.17) is 4.74 Å². The van der Waals surface area contributed by atoms with Crippen molar-refractivity contribution in [2.45, 2.75) is 39.2 Å². The molecule has 2 N–H and O–H groups in total. The van der Waals surface area contributed by atoms with Gasteiger partial charge in [-0.05, 0) is 23.6 Å². The molecule has 1 aromatic rings. The monoisotopic (exact) mass is 311 g/mol. The number of ether oxygens (including phenoxy) is 1. The molecule has 0 radical (unpaired) electrons. The fourth-order valence-corrected chi connectivity index (χ4v) is 2.21. The lowest BCUT2D eigenvalue weighted by atomic mass is 9.98. The van der Waals surface area contributed by atoms with Crippen LogP contribution in [0.5, 0.6) is 5.75 Å². The summed E-state index contributed by atoms with van der Waals surface area (Å²) < 4.78 is 18.5. The number of hydrogen-bond acceptors (Lipinski definition) is 3. The molecule has 0 saturated carbocycles. The largest absolute Gasteiger partial charge is 0.494 e. The highest BCUT2D eigenvalue weighted by atomic mass is 19.1. The van der Waals surface area contributed by atoms with Gasteiger partial charge in [-0.3, -0.25) is 4.79 Å². The van der Waals surface area contributed by atoms with Crippen molar-refractivity contribution in [3.63, 3.8) is 0 Å². The van der Waals surface area contributed by atoms with E-state index in [1.54, 1.807) is 0 Å². The van der Waals surface area contributed by atoms with E-state index < -0.39 is 17.8 Å². The van der Waals surface area contributed by atoms with Gasteiger partial charge in [0.15, 0.2) is 17.6 Å². The lowest BCUT2D eigenvalue weighted by Gasteiger charge is -2.18. The fourth-order valence-electron chi connectivity index (χ4n) is 2.21. The number of methoxy groups -OCH3 is 1. The highest BCUT2D eigenvalue weighted by Crippen LogP contribution is 2.22. The molecular weight excluding hydrogens is 289 g/mol. The van der Waals surface area contributed by atoms with E-state index in [9.17, 15) is 19.1 Å². The standard InChI is InChI=1S/C16H22FNO4/c1-4-10(5-2)8-14(19)18-15(16(20)21)11-6-7-13(22-3)12(17)9-11/h6-7,9-10,15H,4-5,8H2,1-3H3,(H,18,19)(H,20,21). The Balaban J connectivity index is 2.88. The molecule has 22 heavy (non-hydrogen) atoms. The maximum absolute atomic E-state index is 13.7. The molecule has 0 heterocycles. The Labute approximate surface area is 129 Å². The number of hydrogen-bond donors (Lipinski definition) is 2. The van der Waals surface area contributed by atoms with Crippen molar-refractivity contribution in [1.82, 2.24) is 5.32 Å². The normalized spacial score (nSPS) is 12.0. The first-order valence-corrected chi connectivity index (χ1v) is 7.28. The van der Waals surface area contributed by atoms with E-state index in [-0.39, 0.29) is 29.6 Å². The molecule has 5 nitrogen and oxygen atoms in total. The average Bonchev–Trinajstić information content (AvgIpc) is 2.49. The van der Waals surface area contributed by atoms with E-state index >= 15 is 0 Å². The Bertz CT molecular complexity index is 529. The number of benzene rings is 1. The van der Waals surface area contributed by atoms with Crippen molar-refractivity contribution in [1.29, 1.82) is 0 Å². The van der Waals surface area contributed by atoms with Crippen LogP contribution >= 0.6 is 0 Å². The molecule has 0 spiro atoms. The number of halogens is 1. The molecule has 1 amide bonds. The van der Waals surface area contributed by atoms with Gasteiger partial charge in [-0.1, -0.05) is 32.8 Å². The van der Waals surface area contributed by atoms with Crippen LogP contribution in [0, 0.1) is 11.7 Å². The molecule has 1 aromatic carbocycles. The van der Waals surface area contributed by atoms with Crippen LogP contribution in [0.3, 0.4) is 0 Å². The van der Waals surface area contributed by atoms with Gasteiger partial charge >= 0.3 is 5.97 Å². The second-order valence-corrected chi connectivity index (χ2v) is 5.12. The molecular formula is C16H22FNO4. The molecule has 1 rings (SSSR count). The van der Waals surface area contributed by atoms with E-state index in [1.165, 1.54) is 19.2 Å². The van der Waals surface area contributed by atoms with Gasteiger partial charge in [0.1, 0.15) is 0 Å². The summed E-state index contributed by atoms with van der Waals surface area (Å²) in [6.45, 7) is 3.96. The SMILES string of the molecule is CCC(CC)CC(=O)NC(C(=O)O)c1ccc(OC)c(F)c1. The molecule has 0 aliphatic heterocycles. The second kappa shape index (κ2) is 8.36. The highest BCUT2D eigenvalue weighted by molar-refractivity contribution is 5.84. The summed E-state index contributed by atoms with van der Waals surface area (Å²) in [6.07, 6.45) is 1.95. The van der Waals surface area contributed by atoms with Crippen LogP contribution in [-0.2, 0) is 9.59 Å². The molecule has 0 bridgehead atoms. The van der Waals surface area contributed by atoms with Crippen molar-refractivity contribution in [2.24, 2.45) is 5.92 Å². The third kappa shape index (κ3) is 4.72. The van der Waals surface area contributed by atoms with Crippen molar-refractivity contribution in [3.8, 4) is 5.75 Å². The van der Waals surface area contributed by atoms with Crippen LogP contribution in [0.1, 0.15) is 44.7 Å². The maximum atomic E-state index is 13.7. The third-order valence-corrected chi connectivity index (χ3v) is 3.69. The minimum atomic E-state index is -1.28. The molecule has 1 unspecified atom stereocenters. The van der Waals surface area contributed by atoms with Crippen LogP contribution < -0.4 is 10.1 Å². The summed E-state index contributed by atoms with van der Waals surface area (Å²) >= 11 is 0. The van der Waals surface area contributed by atoms with E-state index in [0.29, 0.717) is 0 Å². The number of carboxylic acids is 1. The van der Waals surface area contributed by atoms with Crippen LogP contribution in [0.25, 0.3) is 0 Å². The zero-order chi connectivity index (χ0) is 16.7. The summed E-state index contributed by atoms with van der Waals surface area (Å²) in [5, 5.41) is 11.7. The Morgan fingerprint density at radius 3 is 2.41 bits per heavy atom.